The maximum Gasteiger partial charge on any atom is 0.488 e. The van der Waals surface area contributed by atoms with Crippen LogP contribution in [0.5, 0.6) is 5.75 Å². The smallest absolute Gasteiger partial charge is 0.467 e. The van der Waals surface area contributed by atoms with Crippen LogP contribution >= 0.6 is 0 Å². The van der Waals surface area contributed by atoms with Gasteiger partial charge in [-0.15, -0.1) is 0 Å². The lowest BCUT2D eigenvalue weighted by Crippen LogP contribution is -2.29. The second-order valence-corrected chi connectivity index (χ2v) is 3.15. The van der Waals surface area contributed by atoms with Crippen LogP contribution in [-0.4, -0.2) is 30.6 Å². The van der Waals surface area contributed by atoms with E-state index in [0.717, 1.165) is 5.56 Å². The molecule has 0 unspecified atom stereocenters. The average Bonchev–Trinajstić information content (AvgIpc) is 2.20. The Morgan fingerprint density at radius 3 is 2.60 bits per heavy atom. The Morgan fingerprint density at radius 1 is 1.33 bits per heavy atom. The topological polar surface area (TPSA) is 58.9 Å². The summed E-state index contributed by atoms with van der Waals surface area (Å²) in [6.07, 6.45) is 0. The van der Waals surface area contributed by atoms with Crippen LogP contribution in [0.1, 0.15) is 12.5 Å². The lowest BCUT2D eigenvalue weighted by atomic mass is 9.79. The third kappa shape index (κ3) is 3.55. The molecule has 0 aromatic heterocycles. The van der Waals surface area contributed by atoms with Gasteiger partial charge in [0.15, 0.2) is 6.79 Å². The Hall–Kier alpha value is -1.04. The summed E-state index contributed by atoms with van der Waals surface area (Å²) in [6.45, 7) is 4.54. The first-order chi connectivity index (χ1) is 7.15. The van der Waals surface area contributed by atoms with Gasteiger partial charge in [-0.05, 0) is 30.9 Å². The number of benzene rings is 1. The molecule has 4 nitrogen and oxygen atoms in total. The number of ether oxygens (including phenoxy) is 2. The number of rotatable bonds is 5. The molecular weight excluding hydrogens is 195 g/mol. The van der Waals surface area contributed by atoms with E-state index in [9.17, 15) is 0 Å². The first kappa shape index (κ1) is 12.0. The molecule has 0 aliphatic carbocycles. The third-order valence-electron chi connectivity index (χ3n) is 2.00. The summed E-state index contributed by atoms with van der Waals surface area (Å²) in [5, 5.41) is 17.9. The summed E-state index contributed by atoms with van der Waals surface area (Å²) in [6, 6.07) is 4.98. The number of hydrogen-bond acceptors (Lipinski definition) is 4. The van der Waals surface area contributed by atoms with E-state index in [1.54, 1.807) is 18.2 Å². The molecule has 1 aromatic rings. The molecule has 0 fully saturated rings. The van der Waals surface area contributed by atoms with Crippen molar-refractivity contribution in [2.24, 2.45) is 0 Å². The number of hydrogen-bond donors (Lipinski definition) is 2. The highest BCUT2D eigenvalue weighted by molar-refractivity contribution is 6.58. The summed E-state index contributed by atoms with van der Waals surface area (Å²) in [5.74, 6) is 0.688. The van der Waals surface area contributed by atoms with Gasteiger partial charge in [0.05, 0.1) is 0 Å². The van der Waals surface area contributed by atoms with Crippen LogP contribution in [0, 0.1) is 6.92 Å². The second-order valence-electron chi connectivity index (χ2n) is 3.15. The van der Waals surface area contributed by atoms with E-state index in [2.05, 4.69) is 0 Å². The zero-order valence-corrected chi connectivity index (χ0v) is 8.93. The van der Waals surface area contributed by atoms with E-state index in [0.29, 0.717) is 17.8 Å². The summed E-state index contributed by atoms with van der Waals surface area (Å²) in [7, 11) is -1.44. The minimum atomic E-state index is -1.44. The Kier molecular flexibility index (Phi) is 4.61. The van der Waals surface area contributed by atoms with Gasteiger partial charge in [-0.3, -0.25) is 0 Å². The van der Waals surface area contributed by atoms with Crippen molar-refractivity contribution in [2.75, 3.05) is 13.4 Å². The molecule has 0 aliphatic heterocycles. The molecule has 0 heterocycles. The van der Waals surface area contributed by atoms with Crippen molar-refractivity contribution in [3.63, 3.8) is 0 Å². The Morgan fingerprint density at radius 2 is 2.07 bits per heavy atom. The monoisotopic (exact) mass is 210 g/mol. The highest BCUT2D eigenvalue weighted by atomic mass is 16.7. The molecule has 15 heavy (non-hydrogen) atoms. The average molecular weight is 210 g/mol. The van der Waals surface area contributed by atoms with Crippen molar-refractivity contribution < 1.29 is 19.5 Å². The van der Waals surface area contributed by atoms with Gasteiger partial charge in [-0.25, -0.2) is 0 Å². The molecule has 1 aromatic carbocycles. The molecule has 0 spiro atoms. The Bertz CT molecular complexity index is 314. The van der Waals surface area contributed by atoms with E-state index in [4.69, 9.17) is 19.5 Å². The zero-order chi connectivity index (χ0) is 11.3. The molecule has 0 saturated heterocycles. The van der Waals surface area contributed by atoms with Crippen LogP contribution in [0.3, 0.4) is 0 Å². The first-order valence-electron chi connectivity index (χ1n) is 4.82. The van der Waals surface area contributed by atoms with Gasteiger partial charge in [0.1, 0.15) is 5.75 Å². The fraction of sp³-hybridized carbons (Fsp3) is 0.400. The normalized spacial score (nSPS) is 10.1. The van der Waals surface area contributed by atoms with Crippen molar-refractivity contribution in [3.05, 3.63) is 23.8 Å². The van der Waals surface area contributed by atoms with E-state index in [-0.39, 0.29) is 6.79 Å². The zero-order valence-electron chi connectivity index (χ0n) is 8.93. The maximum atomic E-state index is 8.94. The van der Waals surface area contributed by atoms with Gasteiger partial charge >= 0.3 is 7.12 Å². The molecular formula is C10H15BO4. The molecule has 0 aliphatic rings. The van der Waals surface area contributed by atoms with Gasteiger partial charge in [-0.2, -0.15) is 0 Å². The quantitative estimate of drug-likeness (QED) is 0.409. The van der Waals surface area contributed by atoms with E-state index >= 15 is 0 Å². The van der Waals surface area contributed by atoms with Crippen molar-refractivity contribution in [1.82, 2.24) is 0 Å². The van der Waals surface area contributed by atoms with Crippen molar-refractivity contribution in [1.29, 1.82) is 0 Å². The largest absolute Gasteiger partial charge is 0.488 e. The van der Waals surface area contributed by atoms with Crippen molar-refractivity contribution in [2.45, 2.75) is 13.8 Å². The molecule has 0 amide bonds. The molecule has 0 atom stereocenters. The van der Waals surface area contributed by atoms with Crippen LogP contribution in [0.4, 0.5) is 0 Å². The number of aryl methyl sites for hydroxylation is 1. The molecule has 5 heteroatoms. The molecule has 1 rings (SSSR count). The second kappa shape index (κ2) is 5.75. The summed E-state index contributed by atoms with van der Waals surface area (Å²) >= 11 is 0. The minimum absolute atomic E-state index is 0.207. The predicted molar refractivity (Wildman–Crippen MR) is 58.1 cm³/mol. The summed E-state index contributed by atoms with van der Waals surface area (Å²) in [4.78, 5) is 0. The molecule has 0 saturated carbocycles. The van der Waals surface area contributed by atoms with Crippen LogP contribution in [0.2, 0.25) is 0 Å². The van der Waals surface area contributed by atoms with Crippen LogP contribution in [0.25, 0.3) is 0 Å². The van der Waals surface area contributed by atoms with Crippen LogP contribution < -0.4 is 10.2 Å². The van der Waals surface area contributed by atoms with Crippen LogP contribution in [-0.2, 0) is 4.74 Å². The maximum absolute atomic E-state index is 8.94. The molecule has 2 N–H and O–H groups in total. The fourth-order valence-electron chi connectivity index (χ4n) is 1.18. The van der Waals surface area contributed by atoms with Gasteiger partial charge < -0.3 is 19.5 Å². The molecule has 0 bridgehead atoms. The summed E-state index contributed by atoms with van der Waals surface area (Å²) in [5.41, 5.74) is 1.30. The highest BCUT2D eigenvalue weighted by Crippen LogP contribution is 2.15. The lowest BCUT2D eigenvalue weighted by molar-refractivity contribution is 0.0220. The van der Waals surface area contributed by atoms with Gasteiger partial charge in [0, 0.05) is 6.61 Å². The Balaban J connectivity index is 2.66. The molecule has 82 valence electrons. The SMILES string of the molecule is CCOCOc1ccc(B(O)O)cc1C. The predicted octanol–water partition coefficient (Wildman–Crippen LogP) is 0.0476. The van der Waals surface area contributed by atoms with Gasteiger partial charge in [0.25, 0.3) is 0 Å². The third-order valence-corrected chi connectivity index (χ3v) is 2.00. The van der Waals surface area contributed by atoms with E-state index in [1.165, 1.54) is 0 Å². The van der Waals surface area contributed by atoms with Gasteiger partial charge in [-0.1, -0.05) is 12.1 Å². The minimum Gasteiger partial charge on any atom is -0.467 e. The lowest BCUT2D eigenvalue weighted by Gasteiger charge is -2.10. The van der Waals surface area contributed by atoms with Crippen molar-refractivity contribution >= 4 is 12.6 Å². The Labute approximate surface area is 89.6 Å². The molecule has 0 radical (unpaired) electrons. The first-order valence-corrected chi connectivity index (χ1v) is 4.82. The van der Waals surface area contributed by atoms with Gasteiger partial charge in [0.2, 0.25) is 0 Å². The van der Waals surface area contributed by atoms with E-state index < -0.39 is 7.12 Å². The summed E-state index contributed by atoms with van der Waals surface area (Å²) < 4.78 is 10.4. The van der Waals surface area contributed by atoms with Crippen molar-refractivity contribution in [3.8, 4) is 5.75 Å². The fourth-order valence-corrected chi connectivity index (χ4v) is 1.18. The van der Waals surface area contributed by atoms with Crippen LogP contribution in [0.15, 0.2) is 18.2 Å². The van der Waals surface area contributed by atoms with E-state index in [1.807, 2.05) is 13.8 Å². The highest BCUT2D eigenvalue weighted by Gasteiger charge is 2.12. The standard InChI is InChI=1S/C10H15BO4/c1-3-14-7-15-10-5-4-9(11(12)13)6-8(10)2/h4-6,12-13H,3,7H2,1-2H3.